The molecule has 2 aliphatic rings. The number of rotatable bonds is 4. The van der Waals surface area contributed by atoms with Crippen molar-refractivity contribution in [3.8, 4) is 0 Å². The van der Waals surface area contributed by atoms with E-state index in [2.05, 4.69) is 25.2 Å². The number of halogens is 2. The van der Waals surface area contributed by atoms with E-state index in [4.69, 9.17) is 0 Å². The Bertz CT molecular complexity index is 628. The van der Waals surface area contributed by atoms with Gasteiger partial charge >= 0.3 is 0 Å². The number of anilines is 1. The lowest BCUT2D eigenvalue weighted by molar-refractivity contribution is -0.127. The van der Waals surface area contributed by atoms with E-state index in [9.17, 15) is 9.18 Å². The highest BCUT2D eigenvalue weighted by atomic mass is 127. The van der Waals surface area contributed by atoms with Crippen LogP contribution in [0.1, 0.15) is 12.8 Å². The maximum atomic E-state index is 12.9. The molecule has 0 unspecified atom stereocenters. The fourth-order valence-electron chi connectivity index (χ4n) is 2.52. The van der Waals surface area contributed by atoms with Gasteiger partial charge in [-0.3, -0.25) is 4.79 Å². The summed E-state index contributed by atoms with van der Waals surface area (Å²) in [4.78, 5) is 30.1. The summed E-state index contributed by atoms with van der Waals surface area (Å²) in [6.07, 6.45) is 4.65. The lowest BCUT2D eigenvalue weighted by Crippen LogP contribution is -2.53. The van der Waals surface area contributed by atoms with Gasteiger partial charge in [0.15, 0.2) is 11.8 Å². The van der Waals surface area contributed by atoms with Gasteiger partial charge in [0.05, 0.1) is 12.4 Å². The van der Waals surface area contributed by atoms with Gasteiger partial charge in [-0.05, 0) is 12.8 Å². The standard InChI is InChI=1S/C16H24FN7O.HI/c1-22(2)14(25)11-20-16(21-13-3-4-13)24-7-5-23(6-8-24)15-18-9-12(17)10-19-15;/h9-10,13H,3-8,11H2,1-2H3,(H,20,21);1H. The van der Waals surface area contributed by atoms with Crippen LogP contribution in [-0.4, -0.2) is 84.5 Å². The average molecular weight is 477 g/mol. The van der Waals surface area contributed by atoms with Gasteiger partial charge in [0.1, 0.15) is 6.54 Å². The zero-order valence-electron chi connectivity index (χ0n) is 15.1. The van der Waals surface area contributed by atoms with Crippen molar-refractivity contribution in [3.63, 3.8) is 0 Å². The minimum Gasteiger partial charge on any atom is -0.353 e. The number of likely N-dealkylation sites (N-methyl/N-ethyl adjacent to an activating group) is 1. The molecule has 10 heteroatoms. The molecule has 144 valence electrons. The number of carbonyl (C=O) groups is 1. The Morgan fingerprint density at radius 2 is 1.88 bits per heavy atom. The van der Waals surface area contributed by atoms with Gasteiger partial charge in [0.25, 0.3) is 0 Å². The van der Waals surface area contributed by atoms with Crippen molar-refractivity contribution >= 4 is 41.8 Å². The highest BCUT2D eigenvalue weighted by molar-refractivity contribution is 14.0. The molecule has 0 bridgehead atoms. The Morgan fingerprint density at radius 3 is 2.42 bits per heavy atom. The SMILES string of the molecule is CN(C)C(=O)CN=C(NC1CC1)N1CCN(c2ncc(F)cn2)CC1.I. The second kappa shape index (κ2) is 9.28. The molecule has 1 amide bonds. The number of aliphatic imine (C=N–C) groups is 1. The van der Waals surface area contributed by atoms with Gasteiger partial charge in [0.2, 0.25) is 11.9 Å². The van der Waals surface area contributed by atoms with Crippen molar-refractivity contribution in [3.05, 3.63) is 18.2 Å². The van der Waals surface area contributed by atoms with Crippen molar-refractivity contribution in [2.75, 3.05) is 51.7 Å². The Hall–Kier alpha value is -1.72. The van der Waals surface area contributed by atoms with Crippen LogP contribution < -0.4 is 10.2 Å². The Labute approximate surface area is 169 Å². The number of nitrogens with zero attached hydrogens (tertiary/aromatic N) is 6. The zero-order chi connectivity index (χ0) is 17.8. The van der Waals surface area contributed by atoms with E-state index in [1.165, 1.54) is 12.4 Å². The molecule has 0 aromatic carbocycles. The second-order valence-corrected chi connectivity index (χ2v) is 6.52. The molecular formula is C16H25FIN7O. The summed E-state index contributed by atoms with van der Waals surface area (Å²) in [5, 5.41) is 3.42. The summed E-state index contributed by atoms with van der Waals surface area (Å²) in [6, 6.07) is 0.465. The number of aromatic nitrogens is 2. The van der Waals surface area contributed by atoms with Crippen molar-refractivity contribution in [1.29, 1.82) is 0 Å². The van der Waals surface area contributed by atoms with Crippen molar-refractivity contribution in [1.82, 2.24) is 25.1 Å². The first-order valence-electron chi connectivity index (χ1n) is 8.51. The van der Waals surface area contributed by atoms with Crippen molar-refractivity contribution < 1.29 is 9.18 Å². The van der Waals surface area contributed by atoms with Crippen LogP contribution in [0.15, 0.2) is 17.4 Å². The van der Waals surface area contributed by atoms with Gasteiger partial charge in [0, 0.05) is 46.3 Å². The smallest absolute Gasteiger partial charge is 0.243 e. The molecular weight excluding hydrogens is 452 g/mol. The van der Waals surface area contributed by atoms with Gasteiger partial charge in [-0.2, -0.15) is 0 Å². The van der Waals surface area contributed by atoms with Crippen LogP contribution >= 0.6 is 24.0 Å². The topological polar surface area (TPSA) is 77.0 Å². The third-order valence-corrected chi connectivity index (χ3v) is 4.24. The van der Waals surface area contributed by atoms with Gasteiger partial charge in [-0.25, -0.2) is 19.4 Å². The zero-order valence-corrected chi connectivity index (χ0v) is 17.4. The molecule has 3 rings (SSSR count). The Kier molecular flexibility index (Phi) is 7.35. The van der Waals surface area contributed by atoms with Gasteiger partial charge < -0.3 is 20.0 Å². The quantitative estimate of drug-likeness (QED) is 0.388. The second-order valence-electron chi connectivity index (χ2n) is 6.52. The lowest BCUT2D eigenvalue weighted by Gasteiger charge is -2.36. The molecule has 2 fully saturated rings. The molecule has 0 radical (unpaired) electrons. The molecule has 8 nitrogen and oxygen atoms in total. The molecule has 1 saturated heterocycles. The van der Waals surface area contributed by atoms with Crippen LogP contribution in [0.5, 0.6) is 0 Å². The fraction of sp³-hybridized carbons (Fsp3) is 0.625. The lowest BCUT2D eigenvalue weighted by atomic mass is 10.3. The van der Waals surface area contributed by atoms with Crippen LogP contribution in [0.25, 0.3) is 0 Å². The van der Waals surface area contributed by atoms with E-state index in [-0.39, 0.29) is 36.4 Å². The maximum Gasteiger partial charge on any atom is 0.243 e. The summed E-state index contributed by atoms with van der Waals surface area (Å²) in [7, 11) is 3.46. The van der Waals surface area contributed by atoms with E-state index in [1.54, 1.807) is 19.0 Å². The van der Waals surface area contributed by atoms with Crippen LogP contribution in [0.2, 0.25) is 0 Å². The summed E-state index contributed by atoms with van der Waals surface area (Å²) < 4.78 is 12.9. The number of hydrogen-bond acceptors (Lipinski definition) is 5. The number of amides is 1. The summed E-state index contributed by atoms with van der Waals surface area (Å²) in [5.74, 6) is 0.874. The Balaban J connectivity index is 0.00000243. The summed E-state index contributed by atoms with van der Waals surface area (Å²) in [5.41, 5.74) is 0. The third-order valence-electron chi connectivity index (χ3n) is 4.24. The van der Waals surface area contributed by atoms with Crippen molar-refractivity contribution in [2.24, 2.45) is 4.99 Å². The number of guanidine groups is 1. The molecule has 1 aliphatic carbocycles. The van der Waals surface area contributed by atoms with Crippen LogP contribution in [0, 0.1) is 5.82 Å². The molecule has 1 N–H and O–H groups in total. The van der Waals surface area contributed by atoms with Crippen LogP contribution in [0.4, 0.5) is 10.3 Å². The molecule has 1 saturated carbocycles. The molecule has 0 spiro atoms. The molecule has 1 aromatic rings. The number of carbonyl (C=O) groups excluding carboxylic acids is 1. The monoisotopic (exact) mass is 477 g/mol. The predicted octanol–water partition coefficient (Wildman–Crippen LogP) is 0.552. The van der Waals surface area contributed by atoms with Gasteiger partial charge in [-0.15, -0.1) is 24.0 Å². The van der Waals surface area contributed by atoms with Gasteiger partial charge in [-0.1, -0.05) is 0 Å². The molecule has 1 aliphatic heterocycles. The van der Waals surface area contributed by atoms with Crippen LogP contribution in [0.3, 0.4) is 0 Å². The molecule has 2 heterocycles. The van der Waals surface area contributed by atoms with E-state index >= 15 is 0 Å². The van der Waals surface area contributed by atoms with E-state index < -0.39 is 5.82 Å². The first-order chi connectivity index (χ1) is 12.0. The number of hydrogen-bond donors (Lipinski definition) is 1. The number of nitrogens with one attached hydrogen (secondary N) is 1. The predicted molar refractivity (Wildman–Crippen MR) is 108 cm³/mol. The van der Waals surface area contributed by atoms with Crippen LogP contribution in [-0.2, 0) is 4.79 Å². The molecule has 0 atom stereocenters. The first-order valence-corrected chi connectivity index (χ1v) is 8.51. The van der Waals surface area contributed by atoms with Crippen molar-refractivity contribution in [2.45, 2.75) is 18.9 Å². The Morgan fingerprint density at radius 1 is 1.27 bits per heavy atom. The minimum absolute atomic E-state index is 0. The molecule has 1 aromatic heterocycles. The highest BCUT2D eigenvalue weighted by Gasteiger charge is 2.27. The maximum absolute atomic E-state index is 12.9. The summed E-state index contributed by atoms with van der Waals surface area (Å²) in [6.45, 7) is 3.07. The highest BCUT2D eigenvalue weighted by Crippen LogP contribution is 2.19. The summed E-state index contributed by atoms with van der Waals surface area (Å²) >= 11 is 0. The van der Waals surface area contributed by atoms with E-state index in [1.807, 2.05) is 4.90 Å². The minimum atomic E-state index is -0.434. The molecule has 26 heavy (non-hydrogen) atoms. The van der Waals surface area contributed by atoms with E-state index in [0.717, 1.165) is 45.0 Å². The average Bonchev–Trinajstić information content (AvgIpc) is 3.43. The normalized spacial score (nSPS) is 17.6. The fourth-order valence-corrected chi connectivity index (χ4v) is 2.52. The first kappa shape index (κ1) is 20.6. The third kappa shape index (κ3) is 5.64. The van der Waals surface area contributed by atoms with E-state index in [0.29, 0.717) is 12.0 Å². The largest absolute Gasteiger partial charge is 0.353 e. The number of piperazine rings is 1.